The first-order chi connectivity index (χ1) is 12.4. The van der Waals surface area contributed by atoms with Gasteiger partial charge in [0.05, 0.1) is 23.5 Å². The van der Waals surface area contributed by atoms with Crippen LogP contribution in [-0.4, -0.2) is 9.55 Å². The van der Waals surface area contributed by atoms with E-state index in [4.69, 9.17) is 11.4 Å². The molecule has 0 aliphatic carbocycles. The Balaban J connectivity index is 1.99. The average Bonchev–Trinajstić information content (AvgIpc) is 3.02. The van der Waals surface area contributed by atoms with Crippen molar-refractivity contribution in [3.63, 3.8) is 0 Å². The van der Waals surface area contributed by atoms with Crippen molar-refractivity contribution in [2.75, 3.05) is 0 Å². The summed E-state index contributed by atoms with van der Waals surface area (Å²) in [6.45, 7) is 0.506. The molecule has 2 heteroatoms. The number of para-hydroxylation sites is 2. The van der Waals surface area contributed by atoms with Crippen molar-refractivity contribution < 1.29 is 0 Å². The number of fused-ring (bicyclic) bond motifs is 1. The van der Waals surface area contributed by atoms with Crippen molar-refractivity contribution in [1.82, 2.24) is 9.55 Å². The van der Waals surface area contributed by atoms with Crippen molar-refractivity contribution in [2.24, 2.45) is 0 Å². The number of hydrogen-bond acceptors (Lipinski definition) is 1. The number of terminal acetylenes is 1. The zero-order valence-corrected chi connectivity index (χ0v) is 13.8. The van der Waals surface area contributed by atoms with E-state index < -0.39 is 0 Å². The summed E-state index contributed by atoms with van der Waals surface area (Å²) in [4.78, 5) is 4.95. The second kappa shape index (κ2) is 6.67. The van der Waals surface area contributed by atoms with Crippen LogP contribution in [-0.2, 0) is 6.54 Å². The Hall–Kier alpha value is -3.31. The monoisotopic (exact) mass is 322 g/mol. The fourth-order valence-electron chi connectivity index (χ4n) is 3.35. The summed E-state index contributed by atoms with van der Waals surface area (Å²) in [7, 11) is 0. The maximum absolute atomic E-state index is 5.66. The van der Waals surface area contributed by atoms with Crippen LogP contribution in [0.1, 0.15) is 22.9 Å². The van der Waals surface area contributed by atoms with Gasteiger partial charge in [-0.25, -0.2) is 4.98 Å². The van der Waals surface area contributed by atoms with Gasteiger partial charge in [-0.2, -0.15) is 0 Å². The largest absolute Gasteiger partial charge is 0.315 e. The fraction of sp³-hybridized carbons (Fsp3) is 0.0870. The molecule has 0 amide bonds. The van der Waals surface area contributed by atoms with Gasteiger partial charge in [0.1, 0.15) is 5.82 Å². The number of benzene rings is 3. The van der Waals surface area contributed by atoms with Crippen molar-refractivity contribution in [2.45, 2.75) is 12.5 Å². The normalized spacial score (nSPS) is 10.9. The lowest BCUT2D eigenvalue weighted by molar-refractivity contribution is 0.745. The summed E-state index contributed by atoms with van der Waals surface area (Å²) in [5, 5.41) is 0. The van der Waals surface area contributed by atoms with Gasteiger partial charge in [-0.1, -0.05) is 78.7 Å². The smallest absolute Gasteiger partial charge is 0.122 e. The van der Waals surface area contributed by atoms with E-state index in [-0.39, 0.29) is 5.92 Å². The molecule has 1 heterocycles. The molecule has 0 saturated heterocycles. The Labute approximate surface area is 147 Å². The van der Waals surface area contributed by atoms with Crippen molar-refractivity contribution in [3.05, 3.63) is 102 Å². The summed E-state index contributed by atoms with van der Waals surface area (Å²) < 4.78 is 2.15. The molecular formula is C23H18N2. The summed E-state index contributed by atoms with van der Waals surface area (Å²) in [5.41, 5.74) is 4.47. The van der Waals surface area contributed by atoms with Gasteiger partial charge in [0.2, 0.25) is 0 Å². The lowest BCUT2D eigenvalue weighted by Crippen LogP contribution is -2.11. The standard InChI is InChI=1S/C23H18N2/c1-2-17-25-21-16-10-9-15-20(21)24-23(25)22(18-11-5-3-6-12-18)19-13-7-4-8-14-19/h1,3-16,22H,17H2. The molecule has 0 atom stereocenters. The van der Waals surface area contributed by atoms with Gasteiger partial charge in [-0.15, -0.1) is 6.42 Å². The maximum atomic E-state index is 5.66. The van der Waals surface area contributed by atoms with Crippen molar-refractivity contribution in [1.29, 1.82) is 0 Å². The highest BCUT2D eigenvalue weighted by atomic mass is 15.1. The lowest BCUT2D eigenvalue weighted by Gasteiger charge is -2.19. The molecule has 3 aromatic carbocycles. The van der Waals surface area contributed by atoms with Crippen molar-refractivity contribution >= 4 is 11.0 Å². The predicted molar refractivity (Wildman–Crippen MR) is 102 cm³/mol. The Bertz CT molecular complexity index is 985. The van der Waals surface area contributed by atoms with Gasteiger partial charge >= 0.3 is 0 Å². The third-order valence-corrected chi connectivity index (χ3v) is 4.46. The summed E-state index contributed by atoms with van der Waals surface area (Å²) >= 11 is 0. The number of hydrogen-bond donors (Lipinski definition) is 0. The molecule has 0 unspecified atom stereocenters. The second-order valence-electron chi connectivity index (χ2n) is 6.00. The fourth-order valence-corrected chi connectivity index (χ4v) is 3.35. The van der Waals surface area contributed by atoms with Gasteiger partial charge in [-0.3, -0.25) is 0 Å². The third-order valence-electron chi connectivity index (χ3n) is 4.46. The molecule has 2 nitrogen and oxygen atoms in total. The quantitative estimate of drug-likeness (QED) is 0.491. The number of rotatable bonds is 4. The van der Waals surface area contributed by atoms with Gasteiger partial charge in [0, 0.05) is 0 Å². The molecule has 0 aliphatic rings. The first-order valence-corrected chi connectivity index (χ1v) is 8.37. The highest BCUT2D eigenvalue weighted by Crippen LogP contribution is 2.33. The molecule has 0 N–H and O–H groups in total. The molecule has 0 bridgehead atoms. The van der Waals surface area contributed by atoms with E-state index in [1.165, 1.54) is 11.1 Å². The third kappa shape index (κ3) is 2.81. The lowest BCUT2D eigenvalue weighted by atomic mass is 9.90. The molecule has 1 aromatic heterocycles. The van der Waals surface area contributed by atoms with Crippen LogP contribution in [0.4, 0.5) is 0 Å². The van der Waals surface area contributed by atoms with E-state index in [1.807, 2.05) is 30.3 Å². The SMILES string of the molecule is C#CCn1c(C(c2ccccc2)c2ccccc2)nc2ccccc21. The molecule has 0 spiro atoms. The zero-order valence-electron chi connectivity index (χ0n) is 13.8. The molecule has 120 valence electrons. The van der Waals surface area contributed by atoms with Crippen LogP contribution in [0.5, 0.6) is 0 Å². The topological polar surface area (TPSA) is 17.8 Å². The van der Waals surface area contributed by atoms with Crippen LogP contribution in [0.3, 0.4) is 0 Å². The molecule has 0 radical (unpaired) electrons. The van der Waals surface area contributed by atoms with Crippen molar-refractivity contribution in [3.8, 4) is 12.3 Å². The van der Waals surface area contributed by atoms with E-state index in [0.29, 0.717) is 6.54 Å². The minimum Gasteiger partial charge on any atom is -0.315 e. The second-order valence-corrected chi connectivity index (χ2v) is 6.00. The summed E-state index contributed by atoms with van der Waals surface area (Å²) in [6, 6.07) is 29.1. The molecule has 0 saturated carbocycles. The number of imidazole rings is 1. The van der Waals surface area contributed by atoms with E-state index in [2.05, 4.69) is 65.1 Å². The van der Waals surface area contributed by atoms with Gasteiger partial charge < -0.3 is 4.57 Å². The zero-order chi connectivity index (χ0) is 17.1. The summed E-state index contributed by atoms with van der Waals surface area (Å²) in [6.07, 6.45) is 5.66. The van der Waals surface area contributed by atoms with Crippen LogP contribution in [0.2, 0.25) is 0 Å². The molecular weight excluding hydrogens is 304 g/mol. The Morgan fingerprint density at radius 3 is 1.96 bits per heavy atom. The molecule has 0 aliphatic heterocycles. The average molecular weight is 322 g/mol. The highest BCUT2D eigenvalue weighted by molar-refractivity contribution is 5.76. The van der Waals surface area contributed by atoms with Crippen LogP contribution in [0.25, 0.3) is 11.0 Å². The first kappa shape index (κ1) is 15.2. The minimum atomic E-state index is 0.0446. The minimum absolute atomic E-state index is 0.0446. The maximum Gasteiger partial charge on any atom is 0.122 e. The molecule has 0 fully saturated rings. The van der Waals surface area contributed by atoms with Crippen LogP contribution >= 0.6 is 0 Å². The summed E-state index contributed by atoms with van der Waals surface area (Å²) in [5.74, 6) is 3.81. The van der Waals surface area contributed by atoms with Gasteiger partial charge in [0.15, 0.2) is 0 Å². The number of aromatic nitrogens is 2. The Morgan fingerprint density at radius 1 is 0.800 bits per heavy atom. The first-order valence-electron chi connectivity index (χ1n) is 8.37. The Morgan fingerprint density at radius 2 is 1.36 bits per heavy atom. The van der Waals surface area contributed by atoms with E-state index >= 15 is 0 Å². The molecule has 4 rings (SSSR count). The van der Waals surface area contributed by atoms with E-state index in [9.17, 15) is 0 Å². The van der Waals surface area contributed by atoms with Crippen LogP contribution in [0, 0.1) is 12.3 Å². The number of nitrogens with zero attached hydrogens (tertiary/aromatic N) is 2. The van der Waals surface area contributed by atoms with E-state index in [0.717, 1.165) is 16.9 Å². The van der Waals surface area contributed by atoms with Gasteiger partial charge in [0.25, 0.3) is 0 Å². The molecule has 4 aromatic rings. The highest BCUT2D eigenvalue weighted by Gasteiger charge is 2.23. The van der Waals surface area contributed by atoms with E-state index in [1.54, 1.807) is 0 Å². The molecule has 25 heavy (non-hydrogen) atoms. The van der Waals surface area contributed by atoms with Crippen LogP contribution in [0.15, 0.2) is 84.9 Å². The predicted octanol–water partition coefficient (Wildman–Crippen LogP) is 4.85. The van der Waals surface area contributed by atoms with Gasteiger partial charge in [-0.05, 0) is 23.3 Å². The Kier molecular flexibility index (Phi) is 4.06. The van der Waals surface area contributed by atoms with Crippen LogP contribution < -0.4 is 0 Å².